The molecule has 8 heteroatoms. The standard InChI is InChI=1S/C11H23O6PS/c1-5-16-10(12)11(8-18-13,6-9(2)3)7-17-19(4,14)15/h9H,5-8,18H2,1-4H3. The van der Waals surface area contributed by atoms with Crippen LogP contribution >= 0.6 is 8.46 Å². The number of hydrogen-bond donors (Lipinski definition) is 0. The number of esters is 1. The number of carbonyl (C=O) groups is 1. The average Bonchev–Trinajstić information content (AvgIpc) is 2.24. The maximum Gasteiger partial charge on any atom is 0.314 e. The van der Waals surface area contributed by atoms with Crippen LogP contribution in [0.25, 0.3) is 0 Å². The van der Waals surface area contributed by atoms with Crippen LogP contribution in [-0.2, 0) is 28.4 Å². The molecule has 114 valence electrons. The Hall–Kier alpha value is -0.390. The van der Waals surface area contributed by atoms with E-state index in [1.807, 2.05) is 13.8 Å². The van der Waals surface area contributed by atoms with Crippen molar-refractivity contribution in [2.75, 3.05) is 25.6 Å². The SMILES string of the molecule is CCOC(=O)C(COS(C)(=O)=O)(C[PH2]=O)CC(C)C. The molecule has 2 atom stereocenters. The molecule has 0 amide bonds. The normalized spacial score (nSPS) is 15.8. The van der Waals surface area contributed by atoms with Crippen molar-refractivity contribution in [3.05, 3.63) is 0 Å². The largest absolute Gasteiger partial charge is 0.465 e. The first-order chi connectivity index (χ1) is 8.67. The van der Waals surface area contributed by atoms with Crippen LogP contribution in [0, 0.1) is 11.3 Å². The van der Waals surface area contributed by atoms with E-state index in [4.69, 9.17) is 8.92 Å². The second kappa shape index (κ2) is 8.02. The lowest BCUT2D eigenvalue weighted by Gasteiger charge is -2.30. The predicted molar refractivity (Wildman–Crippen MR) is 74.6 cm³/mol. The lowest BCUT2D eigenvalue weighted by molar-refractivity contribution is -0.156. The van der Waals surface area contributed by atoms with Gasteiger partial charge in [-0.05, 0) is 19.3 Å². The van der Waals surface area contributed by atoms with E-state index in [1.165, 1.54) is 0 Å². The third-order valence-corrected chi connectivity index (χ3v) is 4.02. The van der Waals surface area contributed by atoms with Crippen LogP contribution in [0.15, 0.2) is 0 Å². The summed E-state index contributed by atoms with van der Waals surface area (Å²) in [5, 5.41) is 0. The number of hydrogen-bond acceptors (Lipinski definition) is 6. The van der Waals surface area contributed by atoms with Gasteiger partial charge in [0.05, 0.1) is 33.3 Å². The summed E-state index contributed by atoms with van der Waals surface area (Å²) in [7, 11) is -4.87. The van der Waals surface area contributed by atoms with Gasteiger partial charge in [-0.15, -0.1) is 0 Å². The molecule has 0 rings (SSSR count). The van der Waals surface area contributed by atoms with E-state index in [1.54, 1.807) is 6.92 Å². The summed E-state index contributed by atoms with van der Waals surface area (Å²) in [5.41, 5.74) is -1.15. The van der Waals surface area contributed by atoms with E-state index in [2.05, 4.69) is 0 Å². The Morgan fingerprint density at radius 1 is 1.37 bits per heavy atom. The highest BCUT2D eigenvalue weighted by Gasteiger charge is 2.41. The molecule has 0 aromatic rings. The van der Waals surface area contributed by atoms with Crippen LogP contribution in [0.5, 0.6) is 0 Å². The minimum absolute atomic E-state index is 0.0829. The smallest absolute Gasteiger partial charge is 0.314 e. The molecular formula is C11H23O6PS. The van der Waals surface area contributed by atoms with Crippen molar-refractivity contribution in [2.24, 2.45) is 11.3 Å². The number of ether oxygens (including phenoxy) is 1. The molecular weight excluding hydrogens is 291 g/mol. The molecule has 0 aliphatic carbocycles. The summed E-state index contributed by atoms with van der Waals surface area (Å²) in [6.07, 6.45) is 1.37. The third-order valence-electron chi connectivity index (χ3n) is 2.53. The molecule has 0 heterocycles. The van der Waals surface area contributed by atoms with Crippen LogP contribution < -0.4 is 0 Å². The monoisotopic (exact) mass is 314 g/mol. The molecule has 0 spiro atoms. The van der Waals surface area contributed by atoms with Gasteiger partial charge in [0.2, 0.25) is 0 Å². The molecule has 0 saturated carbocycles. The van der Waals surface area contributed by atoms with Gasteiger partial charge in [-0.2, -0.15) is 8.42 Å². The second-order valence-electron chi connectivity index (χ2n) is 4.94. The molecule has 19 heavy (non-hydrogen) atoms. The van der Waals surface area contributed by atoms with Gasteiger partial charge < -0.3 is 9.30 Å². The minimum Gasteiger partial charge on any atom is -0.465 e. The molecule has 2 unspecified atom stereocenters. The van der Waals surface area contributed by atoms with Crippen LogP contribution in [0.3, 0.4) is 0 Å². The van der Waals surface area contributed by atoms with Gasteiger partial charge in [0.1, 0.15) is 0 Å². The van der Waals surface area contributed by atoms with Crippen LogP contribution in [0.2, 0.25) is 0 Å². The highest BCUT2D eigenvalue weighted by molar-refractivity contribution is 7.85. The summed E-state index contributed by atoms with van der Waals surface area (Å²) in [4.78, 5) is 12.1. The number of carbonyl (C=O) groups excluding carboxylic acids is 1. The van der Waals surface area contributed by atoms with E-state index in [0.29, 0.717) is 6.42 Å². The maximum atomic E-state index is 12.1. The first kappa shape index (κ1) is 18.6. The van der Waals surface area contributed by atoms with Gasteiger partial charge in [-0.3, -0.25) is 8.98 Å². The summed E-state index contributed by atoms with van der Waals surface area (Å²) >= 11 is 0. The Kier molecular flexibility index (Phi) is 7.86. The van der Waals surface area contributed by atoms with E-state index >= 15 is 0 Å². The topological polar surface area (TPSA) is 86.7 Å². The fourth-order valence-electron chi connectivity index (χ4n) is 1.87. The molecule has 0 radical (unpaired) electrons. The van der Waals surface area contributed by atoms with E-state index in [-0.39, 0.29) is 25.3 Å². The molecule has 0 aromatic heterocycles. The third kappa shape index (κ3) is 7.09. The fraction of sp³-hybridized carbons (Fsp3) is 0.909. The quantitative estimate of drug-likeness (QED) is 0.362. The highest BCUT2D eigenvalue weighted by atomic mass is 32.2. The Balaban J connectivity index is 5.23. The first-order valence-electron chi connectivity index (χ1n) is 6.12. The van der Waals surface area contributed by atoms with Crippen molar-refractivity contribution in [3.63, 3.8) is 0 Å². The molecule has 6 nitrogen and oxygen atoms in total. The Labute approximate surface area is 116 Å². The van der Waals surface area contributed by atoms with Gasteiger partial charge in [0.15, 0.2) is 0 Å². The summed E-state index contributed by atoms with van der Waals surface area (Å²) in [5.74, 6) is -0.422. The van der Waals surface area contributed by atoms with Gasteiger partial charge in [0, 0.05) is 6.16 Å². The Morgan fingerprint density at radius 2 is 1.95 bits per heavy atom. The first-order valence-corrected chi connectivity index (χ1v) is 9.22. The highest BCUT2D eigenvalue weighted by Crippen LogP contribution is 2.33. The lowest BCUT2D eigenvalue weighted by atomic mass is 9.82. The predicted octanol–water partition coefficient (Wildman–Crippen LogP) is 1.31. The minimum atomic E-state index is -3.66. The van der Waals surface area contributed by atoms with Crippen molar-refractivity contribution in [2.45, 2.75) is 27.2 Å². The molecule has 0 aliphatic heterocycles. The lowest BCUT2D eigenvalue weighted by Crippen LogP contribution is -2.41. The van der Waals surface area contributed by atoms with Gasteiger partial charge in [0.25, 0.3) is 10.1 Å². The molecule has 0 bridgehead atoms. The molecule has 0 N–H and O–H groups in total. The van der Waals surface area contributed by atoms with Crippen molar-refractivity contribution >= 4 is 24.5 Å². The zero-order valence-electron chi connectivity index (χ0n) is 11.8. The van der Waals surface area contributed by atoms with Crippen molar-refractivity contribution in [1.29, 1.82) is 0 Å². The summed E-state index contributed by atoms with van der Waals surface area (Å²) < 4.78 is 43.0. The Morgan fingerprint density at radius 3 is 2.32 bits per heavy atom. The van der Waals surface area contributed by atoms with E-state index in [0.717, 1.165) is 6.26 Å². The van der Waals surface area contributed by atoms with E-state index < -0.39 is 30.0 Å². The average molecular weight is 314 g/mol. The van der Waals surface area contributed by atoms with Crippen molar-refractivity contribution < 1.29 is 26.7 Å². The molecule has 0 aliphatic rings. The van der Waals surface area contributed by atoms with Gasteiger partial charge >= 0.3 is 5.97 Å². The zero-order chi connectivity index (χ0) is 15.1. The molecule has 0 fully saturated rings. The summed E-state index contributed by atoms with van der Waals surface area (Å²) in [6.45, 7) is 5.33. The second-order valence-corrected chi connectivity index (χ2v) is 7.32. The van der Waals surface area contributed by atoms with Crippen LogP contribution in [0.1, 0.15) is 27.2 Å². The van der Waals surface area contributed by atoms with Crippen LogP contribution in [-0.4, -0.2) is 40.0 Å². The number of rotatable bonds is 9. The van der Waals surface area contributed by atoms with Crippen molar-refractivity contribution in [1.82, 2.24) is 0 Å². The fourth-order valence-corrected chi connectivity index (χ4v) is 3.08. The zero-order valence-corrected chi connectivity index (χ0v) is 13.8. The van der Waals surface area contributed by atoms with E-state index in [9.17, 15) is 17.8 Å². The van der Waals surface area contributed by atoms with Gasteiger partial charge in [-0.1, -0.05) is 13.8 Å². The summed E-state index contributed by atoms with van der Waals surface area (Å²) in [6, 6.07) is 0. The Bertz CT molecular complexity index is 405. The van der Waals surface area contributed by atoms with Crippen molar-refractivity contribution in [3.8, 4) is 0 Å². The molecule has 0 aromatic carbocycles. The van der Waals surface area contributed by atoms with Gasteiger partial charge in [-0.25, -0.2) is 0 Å². The molecule has 0 saturated heterocycles. The van der Waals surface area contributed by atoms with Crippen LogP contribution in [0.4, 0.5) is 0 Å². The maximum absolute atomic E-state index is 12.1.